The number of ketones is 2. The maximum absolute atomic E-state index is 13.4. The Balaban J connectivity index is 2.23. The van der Waals surface area contributed by atoms with Gasteiger partial charge in [0.2, 0.25) is 0 Å². The summed E-state index contributed by atoms with van der Waals surface area (Å²) in [6, 6.07) is 11.1. The second-order valence-electron chi connectivity index (χ2n) is 8.97. The van der Waals surface area contributed by atoms with Crippen molar-refractivity contribution in [3.63, 3.8) is 0 Å². The number of hydrogen-bond donors (Lipinski definition) is 0. The van der Waals surface area contributed by atoms with E-state index in [1.165, 1.54) is 12.1 Å². The van der Waals surface area contributed by atoms with Gasteiger partial charge in [-0.2, -0.15) is 0 Å². The van der Waals surface area contributed by atoms with Crippen molar-refractivity contribution in [2.24, 2.45) is 0 Å². The van der Waals surface area contributed by atoms with Crippen molar-refractivity contribution in [3.8, 4) is 5.75 Å². The van der Waals surface area contributed by atoms with Crippen molar-refractivity contribution in [2.75, 3.05) is 0 Å². The van der Waals surface area contributed by atoms with E-state index in [1.54, 1.807) is 30.3 Å². The van der Waals surface area contributed by atoms with Crippen LogP contribution in [0, 0.1) is 0 Å². The van der Waals surface area contributed by atoms with Crippen LogP contribution in [-0.4, -0.2) is 23.8 Å². The zero-order chi connectivity index (χ0) is 25.5. The Morgan fingerprint density at radius 2 is 1.37 bits per heavy atom. The third-order valence-corrected chi connectivity index (χ3v) is 6.09. The molecule has 0 aliphatic carbocycles. The molecule has 2 rings (SSSR count). The number of aldehydes is 1. The molecule has 0 saturated heterocycles. The molecule has 5 heteroatoms. The maximum atomic E-state index is 13.4. The predicted octanol–water partition coefficient (Wildman–Crippen LogP) is 7.54. The lowest BCUT2D eigenvalue weighted by Gasteiger charge is -2.12. The number of ether oxygens (including phenoxy) is 1. The summed E-state index contributed by atoms with van der Waals surface area (Å²) in [7, 11) is 0. The molecule has 0 atom stereocenters. The van der Waals surface area contributed by atoms with Crippen LogP contribution in [0.4, 0.5) is 0 Å². The number of rotatable bonds is 17. The molecule has 0 radical (unpaired) electrons. The van der Waals surface area contributed by atoms with Gasteiger partial charge >= 0.3 is 5.97 Å². The van der Waals surface area contributed by atoms with Crippen LogP contribution < -0.4 is 4.74 Å². The van der Waals surface area contributed by atoms with E-state index in [4.69, 9.17) is 4.74 Å². The number of hydrogen-bond acceptors (Lipinski definition) is 5. The minimum absolute atomic E-state index is 0.0481. The topological polar surface area (TPSA) is 77.5 Å². The lowest BCUT2D eigenvalue weighted by Crippen LogP contribution is -2.14. The number of carbonyl (C=O) groups excluding carboxylic acids is 4. The predicted molar refractivity (Wildman–Crippen MR) is 138 cm³/mol. The summed E-state index contributed by atoms with van der Waals surface area (Å²) in [4.78, 5) is 50.2. The van der Waals surface area contributed by atoms with Crippen LogP contribution in [0.25, 0.3) is 0 Å². The van der Waals surface area contributed by atoms with Crippen molar-refractivity contribution >= 4 is 23.8 Å². The van der Waals surface area contributed by atoms with Gasteiger partial charge in [0.15, 0.2) is 17.9 Å². The number of benzene rings is 2. The molecule has 0 unspecified atom stereocenters. The normalized spacial score (nSPS) is 10.7. The van der Waals surface area contributed by atoms with Crippen molar-refractivity contribution in [2.45, 2.75) is 90.9 Å². The second-order valence-corrected chi connectivity index (χ2v) is 8.97. The minimum atomic E-state index is -0.448. The maximum Gasteiger partial charge on any atom is 0.311 e. The van der Waals surface area contributed by atoms with Crippen LogP contribution in [0.1, 0.15) is 128 Å². The zero-order valence-corrected chi connectivity index (χ0v) is 21.1. The average molecular weight is 479 g/mol. The summed E-state index contributed by atoms with van der Waals surface area (Å²) in [5.74, 6) is -0.785. The van der Waals surface area contributed by atoms with Gasteiger partial charge in [0, 0.05) is 29.5 Å². The fourth-order valence-corrected chi connectivity index (χ4v) is 4.00. The van der Waals surface area contributed by atoms with Crippen molar-refractivity contribution in [1.82, 2.24) is 0 Å². The smallest absolute Gasteiger partial charge is 0.311 e. The summed E-state index contributed by atoms with van der Waals surface area (Å²) in [6.45, 7) is 4.28. The molecule has 0 amide bonds. The Morgan fingerprint density at radius 3 is 2.03 bits per heavy atom. The molecule has 0 fully saturated rings. The molecule has 0 heterocycles. The van der Waals surface area contributed by atoms with Crippen molar-refractivity contribution in [1.29, 1.82) is 0 Å². The monoisotopic (exact) mass is 478 g/mol. The van der Waals surface area contributed by atoms with Crippen LogP contribution in [0.3, 0.4) is 0 Å². The fraction of sp³-hybridized carbons (Fsp3) is 0.467. The van der Waals surface area contributed by atoms with Gasteiger partial charge in [-0.05, 0) is 31.0 Å². The molecule has 2 aromatic rings. The van der Waals surface area contributed by atoms with E-state index in [2.05, 4.69) is 13.8 Å². The molecule has 2 aromatic carbocycles. The van der Waals surface area contributed by atoms with E-state index in [0.29, 0.717) is 18.3 Å². The summed E-state index contributed by atoms with van der Waals surface area (Å²) < 4.78 is 5.57. The SMILES string of the molecule is CCCCCCCC(=O)Oc1ccc(C(=O)CCCCCCC)cc1C(=O)c1ccccc1C=O. The number of unbranched alkanes of at least 4 members (excludes halogenated alkanes) is 8. The highest BCUT2D eigenvalue weighted by atomic mass is 16.5. The highest BCUT2D eigenvalue weighted by Crippen LogP contribution is 2.26. The van der Waals surface area contributed by atoms with Crippen LogP contribution >= 0.6 is 0 Å². The van der Waals surface area contributed by atoms with Gasteiger partial charge in [0.05, 0.1) is 5.56 Å². The third kappa shape index (κ3) is 9.23. The first-order valence-corrected chi connectivity index (χ1v) is 13.0. The lowest BCUT2D eigenvalue weighted by molar-refractivity contribution is -0.134. The molecule has 0 N–H and O–H groups in total. The van der Waals surface area contributed by atoms with E-state index < -0.39 is 11.8 Å². The first-order valence-electron chi connectivity index (χ1n) is 13.0. The molecule has 0 bridgehead atoms. The Kier molecular flexibility index (Phi) is 12.7. The molecular weight excluding hydrogens is 440 g/mol. The highest BCUT2D eigenvalue weighted by Gasteiger charge is 2.21. The summed E-state index contributed by atoms with van der Waals surface area (Å²) in [5, 5.41) is 0. The van der Waals surface area contributed by atoms with Gasteiger partial charge in [0.1, 0.15) is 5.75 Å². The van der Waals surface area contributed by atoms with Crippen LogP contribution in [0.5, 0.6) is 5.75 Å². The molecule has 5 nitrogen and oxygen atoms in total. The van der Waals surface area contributed by atoms with Gasteiger partial charge in [0.25, 0.3) is 0 Å². The average Bonchev–Trinajstić information content (AvgIpc) is 2.88. The van der Waals surface area contributed by atoms with Crippen LogP contribution in [0.2, 0.25) is 0 Å². The Labute approximate surface area is 209 Å². The largest absolute Gasteiger partial charge is 0.426 e. The third-order valence-electron chi connectivity index (χ3n) is 6.09. The van der Waals surface area contributed by atoms with E-state index in [1.807, 2.05) is 0 Å². The standard InChI is InChI=1S/C30H38O5/c1-3-5-7-9-11-17-27(32)23-19-20-28(35-29(33)18-12-10-8-6-4-2)26(21-23)30(34)25-16-14-13-15-24(25)22-31/h13-16,19-22H,3-12,17-18H2,1-2H3. The molecule has 35 heavy (non-hydrogen) atoms. The lowest BCUT2D eigenvalue weighted by atomic mass is 9.95. The second kappa shape index (κ2) is 15.8. The fourth-order valence-electron chi connectivity index (χ4n) is 4.00. The molecule has 188 valence electrons. The Bertz CT molecular complexity index is 992. The molecule has 0 saturated carbocycles. The van der Waals surface area contributed by atoms with Gasteiger partial charge in [-0.25, -0.2) is 0 Å². The first-order chi connectivity index (χ1) is 17.0. The molecule has 0 aliphatic heterocycles. The van der Waals surface area contributed by atoms with E-state index in [-0.39, 0.29) is 34.6 Å². The molecule has 0 spiro atoms. The molecule has 0 aliphatic rings. The van der Waals surface area contributed by atoms with Crippen LogP contribution in [0.15, 0.2) is 42.5 Å². The quantitative estimate of drug-likeness (QED) is 0.0771. The van der Waals surface area contributed by atoms with E-state index in [0.717, 1.165) is 64.2 Å². The van der Waals surface area contributed by atoms with E-state index >= 15 is 0 Å². The number of carbonyl (C=O) groups is 4. The molecule has 0 aromatic heterocycles. The van der Waals surface area contributed by atoms with Gasteiger partial charge in [-0.15, -0.1) is 0 Å². The first kappa shape index (κ1) is 28.2. The van der Waals surface area contributed by atoms with Crippen LogP contribution in [-0.2, 0) is 4.79 Å². The summed E-state index contributed by atoms with van der Waals surface area (Å²) >= 11 is 0. The summed E-state index contributed by atoms with van der Waals surface area (Å²) in [6.07, 6.45) is 11.5. The molecular formula is C30H38O5. The summed E-state index contributed by atoms with van der Waals surface area (Å²) in [5.41, 5.74) is 0.990. The van der Waals surface area contributed by atoms with Crippen molar-refractivity contribution in [3.05, 3.63) is 64.7 Å². The van der Waals surface area contributed by atoms with Gasteiger partial charge in [-0.1, -0.05) is 89.5 Å². The van der Waals surface area contributed by atoms with Gasteiger partial charge in [-0.3, -0.25) is 19.2 Å². The van der Waals surface area contributed by atoms with E-state index in [9.17, 15) is 19.2 Å². The van der Waals surface area contributed by atoms with Gasteiger partial charge < -0.3 is 4.74 Å². The van der Waals surface area contributed by atoms with Crippen molar-refractivity contribution < 1.29 is 23.9 Å². The number of Topliss-reactive ketones (excluding diaryl/α,β-unsaturated/α-hetero) is 1. The Hall–Kier alpha value is -3.08. The zero-order valence-electron chi connectivity index (χ0n) is 21.1. The number of esters is 1. The Morgan fingerprint density at radius 1 is 0.743 bits per heavy atom. The minimum Gasteiger partial charge on any atom is -0.426 e. The highest BCUT2D eigenvalue weighted by molar-refractivity contribution is 6.15.